The molecule has 8 nitrogen and oxygen atoms in total. The molecule has 0 radical (unpaired) electrons. The molecule has 4 aromatic rings. The van der Waals surface area contributed by atoms with Gasteiger partial charge in [0.2, 0.25) is 6.41 Å². The third kappa shape index (κ3) is 5.45. The Labute approximate surface area is 223 Å². The van der Waals surface area contributed by atoms with E-state index < -0.39 is 30.7 Å². The third-order valence-corrected chi connectivity index (χ3v) is 7.09. The first-order valence-corrected chi connectivity index (χ1v) is 12.8. The van der Waals surface area contributed by atoms with Crippen molar-refractivity contribution in [2.75, 3.05) is 26.4 Å². The fourth-order valence-corrected chi connectivity index (χ4v) is 4.99. The number of hydrogen-bond donors (Lipinski definition) is 0. The molecule has 39 heavy (non-hydrogen) atoms. The van der Waals surface area contributed by atoms with Crippen LogP contribution in [0.2, 0.25) is 0 Å². The summed E-state index contributed by atoms with van der Waals surface area (Å²) in [5.74, 6) is 0.147. The van der Waals surface area contributed by atoms with E-state index in [0.29, 0.717) is 31.4 Å². The van der Waals surface area contributed by atoms with Gasteiger partial charge in [-0.1, -0.05) is 30.3 Å². The first kappa shape index (κ1) is 26.3. The fraction of sp³-hybridized carbons (Fsp3) is 0.310. The summed E-state index contributed by atoms with van der Waals surface area (Å²) in [7, 11) is 0. The van der Waals surface area contributed by atoms with Crippen molar-refractivity contribution >= 4 is 17.3 Å². The average Bonchev–Trinajstić information content (AvgIpc) is 2.99. The monoisotopic (exact) mass is 534 g/mol. The van der Waals surface area contributed by atoms with Gasteiger partial charge in [0, 0.05) is 31.5 Å². The lowest BCUT2D eigenvalue weighted by atomic mass is 10.0. The molecule has 2 aromatic heterocycles. The van der Waals surface area contributed by atoms with Gasteiger partial charge in [-0.05, 0) is 53.8 Å². The second-order valence-corrected chi connectivity index (χ2v) is 9.58. The molecule has 0 saturated carbocycles. The molecule has 2 aromatic carbocycles. The number of carbonyl (C=O) groups excluding carboxylic acids is 1. The molecule has 5 rings (SSSR count). The number of aromatic nitrogens is 3. The van der Waals surface area contributed by atoms with Crippen LogP contribution in [0.4, 0.5) is 8.78 Å². The topological polar surface area (TPSA) is 86.4 Å². The zero-order valence-electron chi connectivity index (χ0n) is 21.2. The molecule has 3 heterocycles. The lowest BCUT2D eigenvalue weighted by Crippen LogP contribution is -2.44. The van der Waals surface area contributed by atoms with Crippen LogP contribution in [0.25, 0.3) is 22.0 Å². The second kappa shape index (κ2) is 11.6. The minimum Gasteiger partial charge on any atom is -0.485 e. The van der Waals surface area contributed by atoms with E-state index in [9.17, 15) is 23.2 Å². The number of amides is 1. The number of alkyl halides is 2. The molecule has 0 unspecified atom stereocenters. The summed E-state index contributed by atoms with van der Waals surface area (Å²) >= 11 is 0. The van der Waals surface area contributed by atoms with Gasteiger partial charge < -0.3 is 9.64 Å². The first-order chi connectivity index (χ1) is 19.0. The maximum Gasteiger partial charge on any atom is 0.332 e. The van der Waals surface area contributed by atoms with Gasteiger partial charge in [0.25, 0.3) is 5.56 Å². The van der Waals surface area contributed by atoms with Gasteiger partial charge in [-0.25, -0.2) is 13.6 Å². The maximum absolute atomic E-state index is 13.8. The Balaban J connectivity index is 1.57. The highest BCUT2D eigenvalue weighted by molar-refractivity contribution is 5.80. The number of hydrogen-bond acceptors (Lipinski definition) is 5. The van der Waals surface area contributed by atoms with Gasteiger partial charge in [-0.15, -0.1) is 0 Å². The van der Waals surface area contributed by atoms with E-state index in [1.165, 1.54) is 16.7 Å². The van der Waals surface area contributed by atoms with Crippen LogP contribution in [0.1, 0.15) is 24.4 Å². The summed E-state index contributed by atoms with van der Waals surface area (Å²) in [6.07, 6.45) is 4.08. The number of fused-ring (bicyclic) bond motifs is 1. The Kier molecular flexibility index (Phi) is 7.81. The van der Waals surface area contributed by atoms with Gasteiger partial charge in [0.1, 0.15) is 19.1 Å². The number of rotatable bonds is 9. The van der Waals surface area contributed by atoms with Gasteiger partial charge in [-0.2, -0.15) is 0 Å². The highest BCUT2D eigenvalue weighted by Crippen LogP contribution is 2.26. The minimum absolute atomic E-state index is 0.0385. The van der Waals surface area contributed by atoms with E-state index >= 15 is 0 Å². The van der Waals surface area contributed by atoms with Crippen molar-refractivity contribution in [3.63, 3.8) is 0 Å². The summed E-state index contributed by atoms with van der Waals surface area (Å²) in [6.45, 7) is -0.998. The van der Waals surface area contributed by atoms with E-state index in [-0.39, 0.29) is 23.7 Å². The number of halogens is 2. The fourth-order valence-electron chi connectivity index (χ4n) is 4.99. The van der Waals surface area contributed by atoms with Crippen molar-refractivity contribution in [3.05, 3.63) is 93.4 Å². The Morgan fingerprint density at radius 2 is 1.74 bits per heavy atom. The Morgan fingerprint density at radius 1 is 1.00 bits per heavy atom. The summed E-state index contributed by atoms with van der Waals surface area (Å²) < 4.78 is 34.4. The highest BCUT2D eigenvalue weighted by atomic mass is 19.1. The molecule has 0 atom stereocenters. The Morgan fingerprint density at radius 3 is 2.38 bits per heavy atom. The van der Waals surface area contributed by atoms with Crippen LogP contribution in [0.5, 0.6) is 5.75 Å². The van der Waals surface area contributed by atoms with Crippen LogP contribution in [-0.4, -0.2) is 58.0 Å². The summed E-state index contributed by atoms with van der Waals surface area (Å²) in [5, 5.41) is 0.216. The van der Waals surface area contributed by atoms with Gasteiger partial charge >= 0.3 is 5.69 Å². The zero-order chi connectivity index (χ0) is 27.4. The van der Waals surface area contributed by atoms with Crippen molar-refractivity contribution in [1.82, 2.24) is 19.0 Å². The lowest BCUT2D eigenvalue weighted by Gasteiger charge is -2.31. The molecule has 0 aliphatic carbocycles. The quantitative estimate of drug-likeness (QED) is 0.305. The largest absolute Gasteiger partial charge is 0.485 e. The van der Waals surface area contributed by atoms with Gasteiger partial charge in [-0.3, -0.25) is 23.7 Å². The predicted octanol–water partition coefficient (Wildman–Crippen LogP) is 3.75. The van der Waals surface area contributed by atoms with Crippen LogP contribution in [0.3, 0.4) is 0 Å². The minimum atomic E-state index is -1.28. The smallest absolute Gasteiger partial charge is 0.332 e. The first-order valence-electron chi connectivity index (χ1n) is 12.8. The average molecular weight is 535 g/mol. The maximum atomic E-state index is 13.8. The lowest BCUT2D eigenvalue weighted by molar-refractivity contribution is -0.119. The number of nitrogens with zero attached hydrogens (tertiary/aromatic N) is 4. The third-order valence-electron chi connectivity index (χ3n) is 7.09. The molecule has 202 valence electrons. The van der Waals surface area contributed by atoms with Crippen molar-refractivity contribution < 1.29 is 18.3 Å². The molecule has 0 N–H and O–H groups in total. The molecular formula is C29H28F2N4O4. The van der Waals surface area contributed by atoms with Gasteiger partial charge in [0.15, 0.2) is 6.10 Å². The van der Waals surface area contributed by atoms with Crippen molar-refractivity contribution in [2.24, 2.45) is 0 Å². The van der Waals surface area contributed by atoms with Crippen LogP contribution < -0.4 is 16.0 Å². The van der Waals surface area contributed by atoms with Gasteiger partial charge in [0.05, 0.1) is 17.4 Å². The van der Waals surface area contributed by atoms with Crippen LogP contribution in [-0.2, 0) is 11.3 Å². The molecular weight excluding hydrogens is 506 g/mol. The SMILES string of the molecule is O=CN1CCC(n2c(=O)n(Cc3ccc(-c4cccnc4)cc3)c(=O)c3cc(OC(CF)CF)ccc32)CC1. The van der Waals surface area contributed by atoms with Crippen LogP contribution in [0.15, 0.2) is 76.6 Å². The number of benzene rings is 2. The number of likely N-dealkylation sites (tertiary alicyclic amines) is 1. The molecule has 1 saturated heterocycles. The molecule has 1 aliphatic heterocycles. The second-order valence-electron chi connectivity index (χ2n) is 9.58. The number of carbonyl (C=O) groups is 1. The summed E-state index contributed by atoms with van der Waals surface area (Å²) in [5.41, 5.74) is 2.10. The normalized spacial score (nSPS) is 14.2. The predicted molar refractivity (Wildman–Crippen MR) is 144 cm³/mol. The number of piperidine rings is 1. The van der Waals surface area contributed by atoms with E-state index in [2.05, 4.69) is 4.98 Å². The molecule has 0 spiro atoms. The van der Waals surface area contributed by atoms with Crippen molar-refractivity contribution in [2.45, 2.75) is 31.5 Å². The van der Waals surface area contributed by atoms with E-state index in [0.717, 1.165) is 23.1 Å². The molecule has 1 amide bonds. The standard InChI is InChI=1S/C29H28F2N4O4/c30-15-25(16-31)39-24-7-8-27-26(14-24)28(37)34(29(38)35(27)23-9-12-33(19-36)13-10-23)18-20-3-5-21(6-4-20)22-2-1-11-32-17-22/h1-8,11,14,17,19,23,25H,9-10,12-13,15-16,18H2. The number of pyridine rings is 1. The summed E-state index contributed by atoms with van der Waals surface area (Å²) in [6, 6.07) is 15.6. The zero-order valence-corrected chi connectivity index (χ0v) is 21.2. The van der Waals surface area contributed by atoms with Crippen LogP contribution >= 0.6 is 0 Å². The molecule has 1 aliphatic rings. The van der Waals surface area contributed by atoms with Crippen LogP contribution in [0, 0.1) is 0 Å². The van der Waals surface area contributed by atoms with E-state index in [4.69, 9.17) is 4.74 Å². The summed E-state index contributed by atoms with van der Waals surface area (Å²) in [4.78, 5) is 44.5. The Hall–Kier alpha value is -4.34. The number of ether oxygens (including phenoxy) is 1. The van der Waals surface area contributed by atoms with E-state index in [1.54, 1.807) is 27.9 Å². The van der Waals surface area contributed by atoms with Crippen molar-refractivity contribution in [1.29, 1.82) is 0 Å². The molecule has 1 fully saturated rings. The highest BCUT2D eigenvalue weighted by Gasteiger charge is 2.25. The molecule has 10 heteroatoms. The van der Waals surface area contributed by atoms with Crippen molar-refractivity contribution in [3.8, 4) is 16.9 Å². The Bertz CT molecular complexity index is 1560. The molecule has 0 bridgehead atoms. The van der Waals surface area contributed by atoms with E-state index in [1.807, 2.05) is 36.4 Å².